The number of hydrogen-bond donors (Lipinski definition) is 2. The normalized spacial score (nSPS) is 12.7. The molecule has 1 heterocycles. The molecule has 0 bridgehead atoms. The van der Waals surface area contributed by atoms with E-state index in [0.29, 0.717) is 5.75 Å². The van der Waals surface area contributed by atoms with Gasteiger partial charge in [0.2, 0.25) is 0 Å². The third-order valence-corrected chi connectivity index (χ3v) is 2.12. The van der Waals surface area contributed by atoms with E-state index in [0.717, 1.165) is 10.8 Å². The lowest BCUT2D eigenvalue weighted by Gasteiger charge is -2.06. The molecule has 5 nitrogen and oxygen atoms in total. The quantitative estimate of drug-likeness (QED) is 0.726. The van der Waals surface area contributed by atoms with Crippen LogP contribution in [0.25, 0.3) is 10.8 Å². The van der Waals surface area contributed by atoms with Crippen molar-refractivity contribution in [2.24, 2.45) is 5.50 Å². The molecular formula is C8H8N3O2P. The van der Waals surface area contributed by atoms with E-state index in [1.54, 1.807) is 24.5 Å². The molecule has 1 aromatic carbocycles. The van der Waals surface area contributed by atoms with Crippen molar-refractivity contribution in [1.29, 1.82) is 0 Å². The van der Waals surface area contributed by atoms with Crippen molar-refractivity contribution < 1.29 is 9.42 Å². The summed E-state index contributed by atoms with van der Waals surface area (Å²) in [6, 6.07) is 5.31. The molecule has 0 radical (unpaired) electrons. The molecule has 0 amide bonds. The minimum atomic E-state index is -1.87. The molecule has 0 aliphatic carbocycles. The van der Waals surface area contributed by atoms with E-state index in [4.69, 9.17) is 14.9 Å². The summed E-state index contributed by atoms with van der Waals surface area (Å²) < 4.78 is 4.97. The van der Waals surface area contributed by atoms with Crippen LogP contribution in [0.15, 0.2) is 30.6 Å². The molecule has 0 saturated carbocycles. The van der Waals surface area contributed by atoms with Crippen molar-refractivity contribution in [3.63, 3.8) is 0 Å². The molecule has 0 saturated heterocycles. The van der Waals surface area contributed by atoms with Gasteiger partial charge < -0.3 is 9.42 Å². The highest BCUT2D eigenvalue weighted by atomic mass is 31.2. The maximum atomic E-state index is 8.87. The monoisotopic (exact) mass is 209 g/mol. The Bertz CT molecular complexity index is 449. The standard InChI is InChI=1S/C8H8N3O2P/c9-14(12)13-8-2-1-6-4-10-11-5-7(6)3-8/h1-5,12H,9H2. The zero-order valence-electron chi connectivity index (χ0n) is 7.16. The predicted molar refractivity (Wildman–Crippen MR) is 53.5 cm³/mol. The first-order chi connectivity index (χ1) is 6.75. The molecule has 6 heteroatoms. The number of nitrogens with two attached hydrogens (primary N) is 1. The fourth-order valence-corrected chi connectivity index (χ4v) is 1.47. The summed E-state index contributed by atoms with van der Waals surface area (Å²) in [6.45, 7) is 0. The van der Waals surface area contributed by atoms with Gasteiger partial charge in [0.15, 0.2) is 0 Å². The van der Waals surface area contributed by atoms with Crippen LogP contribution >= 0.6 is 8.53 Å². The average molecular weight is 209 g/mol. The maximum absolute atomic E-state index is 8.87. The maximum Gasteiger partial charge on any atom is 0.312 e. The average Bonchev–Trinajstić information content (AvgIpc) is 2.17. The molecule has 14 heavy (non-hydrogen) atoms. The highest BCUT2D eigenvalue weighted by molar-refractivity contribution is 7.43. The third kappa shape index (κ3) is 1.96. The second kappa shape index (κ2) is 3.84. The van der Waals surface area contributed by atoms with Crippen molar-refractivity contribution in [3.8, 4) is 5.75 Å². The molecule has 0 aliphatic rings. The summed E-state index contributed by atoms with van der Waals surface area (Å²) in [5.41, 5.74) is 5.14. The predicted octanol–water partition coefficient (Wildman–Crippen LogP) is 1.19. The van der Waals surface area contributed by atoms with Gasteiger partial charge in [0.05, 0.1) is 12.4 Å². The fourth-order valence-electron chi connectivity index (χ4n) is 1.14. The van der Waals surface area contributed by atoms with E-state index in [1.807, 2.05) is 6.07 Å². The van der Waals surface area contributed by atoms with E-state index >= 15 is 0 Å². The van der Waals surface area contributed by atoms with Gasteiger partial charge >= 0.3 is 8.53 Å². The smallest absolute Gasteiger partial charge is 0.312 e. The van der Waals surface area contributed by atoms with E-state index in [2.05, 4.69) is 10.2 Å². The first-order valence-corrected chi connectivity index (χ1v) is 5.16. The molecule has 1 atom stereocenters. The second-order valence-corrected chi connectivity index (χ2v) is 3.46. The van der Waals surface area contributed by atoms with Gasteiger partial charge in [0.1, 0.15) is 5.75 Å². The lowest BCUT2D eigenvalue weighted by molar-refractivity contribution is 0.488. The van der Waals surface area contributed by atoms with Gasteiger partial charge in [-0.1, -0.05) is 0 Å². The summed E-state index contributed by atoms with van der Waals surface area (Å²) in [7, 11) is -1.87. The van der Waals surface area contributed by atoms with Gasteiger partial charge in [-0.25, -0.2) is 0 Å². The van der Waals surface area contributed by atoms with Crippen molar-refractivity contribution in [3.05, 3.63) is 30.6 Å². The molecule has 72 valence electrons. The Morgan fingerprint density at radius 1 is 1.21 bits per heavy atom. The molecule has 3 N–H and O–H groups in total. The summed E-state index contributed by atoms with van der Waals surface area (Å²) in [5.74, 6) is 0.529. The Labute approximate surface area is 81.5 Å². The molecule has 2 aromatic rings. The number of nitrogens with zero attached hydrogens (tertiary/aromatic N) is 2. The zero-order chi connectivity index (χ0) is 9.97. The number of aromatic nitrogens is 2. The Hall–Kier alpha value is -1.29. The topological polar surface area (TPSA) is 81.3 Å². The van der Waals surface area contributed by atoms with Crippen LogP contribution in [-0.2, 0) is 0 Å². The van der Waals surface area contributed by atoms with Gasteiger partial charge in [-0.15, -0.1) is 0 Å². The molecular weight excluding hydrogens is 201 g/mol. The molecule has 1 aromatic heterocycles. The number of rotatable bonds is 2. The molecule has 1 unspecified atom stereocenters. The van der Waals surface area contributed by atoms with Crippen LogP contribution < -0.4 is 10.0 Å². The molecule has 2 rings (SSSR count). The molecule has 0 aliphatic heterocycles. The van der Waals surface area contributed by atoms with Crippen molar-refractivity contribution in [1.82, 2.24) is 10.2 Å². The molecule has 0 spiro atoms. The van der Waals surface area contributed by atoms with Crippen LogP contribution in [-0.4, -0.2) is 15.1 Å². The second-order valence-electron chi connectivity index (χ2n) is 2.67. The summed E-state index contributed by atoms with van der Waals surface area (Å²) in [4.78, 5) is 8.87. The van der Waals surface area contributed by atoms with Gasteiger partial charge in [-0.3, -0.25) is 5.50 Å². The Balaban J connectivity index is 2.41. The fraction of sp³-hybridized carbons (Fsp3) is 0. The zero-order valence-corrected chi connectivity index (χ0v) is 8.06. The van der Waals surface area contributed by atoms with Crippen molar-refractivity contribution in [2.45, 2.75) is 0 Å². The Kier molecular flexibility index (Phi) is 2.54. The largest absolute Gasteiger partial charge is 0.436 e. The van der Waals surface area contributed by atoms with Crippen LogP contribution in [0.2, 0.25) is 0 Å². The van der Waals surface area contributed by atoms with Gasteiger partial charge in [0.25, 0.3) is 0 Å². The van der Waals surface area contributed by atoms with Gasteiger partial charge in [0, 0.05) is 10.8 Å². The number of fused-ring (bicyclic) bond motifs is 1. The number of hydrogen-bond acceptors (Lipinski definition) is 5. The van der Waals surface area contributed by atoms with Gasteiger partial charge in [-0.2, -0.15) is 10.2 Å². The molecule has 0 fully saturated rings. The number of benzene rings is 1. The van der Waals surface area contributed by atoms with E-state index in [1.165, 1.54) is 0 Å². The lowest BCUT2D eigenvalue weighted by atomic mass is 10.2. The lowest BCUT2D eigenvalue weighted by Crippen LogP contribution is -1.94. The Morgan fingerprint density at radius 2 is 1.93 bits per heavy atom. The highest BCUT2D eigenvalue weighted by Gasteiger charge is 2.01. The van der Waals surface area contributed by atoms with Crippen molar-refractivity contribution >= 4 is 19.3 Å². The minimum absolute atomic E-state index is 0.529. The van der Waals surface area contributed by atoms with Crippen LogP contribution in [0, 0.1) is 0 Å². The van der Waals surface area contributed by atoms with Crippen LogP contribution in [0.3, 0.4) is 0 Å². The Morgan fingerprint density at radius 3 is 2.64 bits per heavy atom. The summed E-state index contributed by atoms with van der Waals surface area (Å²) >= 11 is 0. The first-order valence-electron chi connectivity index (χ1n) is 3.88. The minimum Gasteiger partial charge on any atom is -0.436 e. The van der Waals surface area contributed by atoms with Crippen LogP contribution in [0.5, 0.6) is 5.75 Å². The van der Waals surface area contributed by atoms with Crippen LogP contribution in [0.1, 0.15) is 0 Å². The van der Waals surface area contributed by atoms with Gasteiger partial charge in [-0.05, 0) is 18.2 Å². The third-order valence-electron chi connectivity index (χ3n) is 1.72. The van der Waals surface area contributed by atoms with E-state index in [9.17, 15) is 0 Å². The summed E-state index contributed by atoms with van der Waals surface area (Å²) in [6.07, 6.45) is 3.28. The van der Waals surface area contributed by atoms with E-state index in [-0.39, 0.29) is 0 Å². The first kappa shape index (κ1) is 9.27. The van der Waals surface area contributed by atoms with E-state index < -0.39 is 8.53 Å². The SMILES string of the molecule is NP(O)Oc1ccc2cnncc2c1. The van der Waals surface area contributed by atoms with Crippen LogP contribution in [0.4, 0.5) is 0 Å². The summed E-state index contributed by atoms with van der Waals surface area (Å²) in [5, 5.41) is 9.34. The highest BCUT2D eigenvalue weighted by Crippen LogP contribution is 2.27. The van der Waals surface area contributed by atoms with Crippen molar-refractivity contribution in [2.75, 3.05) is 0 Å².